The van der Waals surface area contributed by atoms with E-state index in [2.05, 4.69) is 5.10 Å². The molecule has 9 heteroatoms. The molecule has 192 valence electrons. The topological polar surface area (TPSA) is 62.6 Å². The number of benzene rings is 2. The molecule has 1 atom stereocenters. The summed E-state index contributed by atoms with van der Waals surface area (Å²) in [6, 6.07) is 9.38. The minimum atomic E-state index is -4.75. The number of halogens is 3. The number of fused-ring (bicyclic) bond motifs is 1. The van der Waals surface area contributed by atoms with Crippen molar-refractivity contribution in [3.8, 4) is 28.1 Å². The average Bonchev–Trinajstić information content (AvgIpc) is 3.25. The van der Waals surface area contributed by atoms with Crippen LogP contribution in [0.1, 0.15) is 50.0 Å². The number of carbonyl (C=O) groups is 1. The van der Waals surface area contributed by atoms with Gasteiger partial charge in [-0.1, -0.05) is 12.1 Å². The summed E-state index contributed by atoms with van der Waals surface area (Å²) in [6.45, 7) is 5.61. The van der Waals surface area contributed by atoms with Crippen LogP contribution in [0, 0.1) is 0 Å². The number of hydrogen-bond acceptors (Lipinski definition) is 5. The van der Waals surface area contributed by atoms with E-state index in [1.807, 2.05) is 6.07 Å². The molecule has 36 heavy (non-hydrogen) atoms. The first-order valence-electron chi connectivity index (χ1n) is 11.6. The maximum Gasteiger partial charge on any atom is 0.416 e. The molecule has 0 saturated heterocycles. The van der Waals surface area contributed by atoms with E-state index in [1.165, 1.54) is 6.07 Å². The minimum absolute atomic E-state index is 0.219. The second-order valence-electron chi connectivity index (χ2n) is 9.73. The van der Waals surface area contributed by atoms with Gasteiger partial charge in [0.1, 0.15) is 5.75 Å². The lowest BCUT2D eigenvalue weighted by Crippen LogP contribution is -2.30. The highest BCUT2D eigenvalue weighted by atomic mass is 19.4. The van der Waals surface area contributed by atoms with Crippen molar-refractivity contribution in [2.45, 2.75) is 51.5 Å². The molecule has 1 aliphatic heterocycles. The highest BCUT2D eigenvalue weighted by Gasteiger charge is 2.42. The zero-order valence-corrected chi connectivity index (χ0v) is 20.9. The summed E-state index contributed by atoms with van der Waals surface area (Å²) >= 11 is 0. The second kappa shape index (κ2) is 9.61. The molecule has 3 aromatic rings. The molecule has 0 fully saturated rings. The van der Waals surface area contributed by atoms with Crippen LogP contribution in [0.25, 0.3) is 22.4 Å². The summed E-state index contributed by atoms with van der Waals surface area (Å²) in [5, 5.41) is 4.44. The van der Waals surface area contributed by atoms with E-state index in [0.717, 1.165) is 31.6 Å². The molecule has 6 nitrogen and oxygen atoms in total. The number of rotatable bonds is 5. The molecule has 0 radical (unpaired) electrons. The number of alkyl halides is 3. The lowest BCUT2D eigenvalue weighted by molar-refractivity contribution is -0.166. The van der Waals surface area contributed by atoms with E-state index in [4.69, 9.17) is 14.2 Å². The quantitative estimate of drug-likeness (QED) is 0.393. The van der Waals surface area contributed by atoms with Crippen LogP contribution in [0.3, 0.4) is 0 Å². The summed E-state index contributed by atoms with van der Waals surface area (Å²) in [7, 11) is 2.86. The van der Waals surface area contributed by atoms with Crippen LogP contribution in [-0.2, 0) is 33.9 Å². The molecule has 1 aliphatic rings. The van der Waals surface area contributed by atoms with Gasteiger partial charge in [0.15, 0.2) is 6.10 Å². The van der Waals surface area contributed by atoms with E-state index in [9.17, 15) is 18.0 Å². The first kappa shape index (κ1) is 25.8. The molecule has 0 spiro atoms. The van der Waals surface area contributed by atoms with Gasteiger partial charge < -0.3 is 14.2 Å². The largest absolute Gasteiger partial charge is 0.493 e. The molecular formula is C27H29F3N2O4. The van der Waals surface area contributed by atoms with Gasteiger partial charge in [-0.15, -0.1) is 0 Å². The Morgan fingerprint density at radius 3 is 2.50 bits per heavy atom. The molecule has 0 N–H and O–H groups in total. The Kier molecular flexibility index (Phi) is 6.88. The fourth-order valence-corrected chi connectivity index (χ4v) is 4.42. The van der Waals surface area contributed by atoms with Crippen molar-refractivity contribution < 1.29 is 32.2 Å². The van der Waals surface area contributed by atoms with Crippen LogP contribution in [0.5, 0.6) is 5.75 Å². The minimum Gasteiger partial charge on any atom is -0.493 e. The summed E-state index contributed by atoms with van der Waals surface area (Å²) in [5.41, 5.74) is 0.320. The summed E-state index contributed by atoms with van der Waals surface area (Å²) in [4.78, 5) is 13.0. The average molecular weight is 503 g/mol. The van der Waals surface area contributed by atoms with Gasteiger partial charge in [-0.05, 0) is 74.6 Å². The molecule has 0 bridgehead atoms. The zero-order valence-electron chi connectivity index (χ0n) is 20.9. The molecule has 4 rings (SSSR count). The van der Waals surface area contributed by atoms with E-state index in [-0.39, 0.29) is 11.1 Å². The lowest BCUT2D eigenvalue weighted by atomic mass is 9.85. The van der Waals surface area contributed by atoms with Crippen LogP contribution in [-0.4, -0.2) is 35.1 Å². The zero-order chi connectivity index (χ0) is 26.3. The molecule has 0 amide bonds. The van der Waals surface area contributed by atoms with E-state index < -0.39 is 29.4 Å². The highest BCUT2D eigenvalue weighted by molar-refractivity contribution is 5.90. The Hall–Kier alpha value is -3.33. The number of nitrogens with zero attached hydrogens (tertiary/aromatic N) is 2. The number of esters is 1. The summed E-state index contributed by atoms with van der Waals surface area (Å²) in [5.74, 6) is -0.218. The van der Waals surface area contributed by atoms with Gasteiger partial charge in [-0.2, -0.15) is 18.3 Å². The standard InChI is InChI=1S/C27H29F3N2O4/c1-26(2,3)36-24(25(33)34-5)23-19(27(28,29)30)10-9-18(20-12-13-32(4)31-20)22(23)17-8-11-21-16(15-17)7-6-14-35-21/h8-13,15,24H,6-7,14H2,1-5H3. The number of aryl methyl sites for hydroxylation is 2. The number of hydrogen-bond donors (Lipinski definition) is 0. The number of methoxy groups -OCH3 is 1. The Labute approximate surface area is 208 Å². The van der Waals surface area contributed by atoms with Gasteiger partial charge in [0.25, 0.3) is 0 Å². The fraction of sp³-hybridized carbons (Fsp3) is 0.407. The Morgan fingerprint density at radius 1 is 1.14 bits per heavy atom. The Morgan fingerprint density at radius 2 is 1.89 bits per heavy atom. The third-order valence-corrected chi connectivity index (χ3v) is 5.89. The predicted octanol–water partition coefficient (Wildman–Crippen LogP) is 6.13. The van der Waals surface area contributed by atoms with Crippen LogP contribution in [0.2, 0.25) is 0 Å². The van der Waals surface area contributed by atoms with Crippen molar-refractivity contribution >= 4 is 5.97 Å². The normalized spacial score (nSPS) is 14.7. The van der Waals surface area contributed by atoms with Gasteiger partial charge in [0.2, 0.25) is 0 Å². The molecule has 1 aromatic heterocycles. The molecule has 2 aromatic carbocycles. The molecule has 0 saturated carbocycles. The van der Waals surface area contributed by atoms with Gasteiger partial charge in [0, 0.05) is 24.4 Å². The van der Waals surface area contributed by atoms with Crippen LogP contribution >= 0.6 is 0 Å². The molecule has 2 heterocycles. The Balaban J connectivity index is 2.10. The van der Waals surface area contributed by atoms with Crippen molar-refractivity contribution in [3.05, 3.63) is 59.3 Å². The van der Waals surface area contributed by atoms with Crippen LogP contribution in [0.15, 0.2) is 42.6 Å². The summed E-state index contributed by atoms with van der Waals surface area (Å²) in [6.07, 6.45) is -3.14. The van der Waals surface area contributed by atoms with Gasteiger partial charge in [-0.25, -0.2) is 4.79 Å². The first-order valence-corrected chi connectivity index (χ1v) is 11.6. The van der Waals surface area contributed by atoms with Gasteiger partial charge >= 0.3 is 12.1 Å². The molecule has 1 unspecified atom stereocenters. The van der Waals surface area contributed by atoms with Crippen molar-refractivity contribution in [3.63, 3.8) is 0 Å². The third kappa shape index (κ3) is 5.26. The first-order chi connectivity index (χ1) is 16.9. The smallest absolute Gasteiger partial charge is 0.416 e. The van der Waals surface area contributed by atoms with Gasteiger partial charge in [0.05, 0.1) is 30.6 Å². The lowest BCUT2D eigenvalue weighted by Gasteiger charge is -2.30. The number of carbonyl (C=O) groups excluding carboxylic acids is 1. The van der Waals surface area contributed by atoms with Crippen LogP contribution < -0.4 is 4.74 Å². The third-order valence-electron chi connectivity index (χ3n) is 5.89. The number of ether oxygens (including phenoxy) is 3. The maximum absolute atomic E-state index is 14.5. The monoisotopic (exact) mass is 502 g/mol. The SMILES string of the molecule is COC(=O)C(OC(C)(C)C)c1c(C(F)(F)F)ccc(-c2ccn(C)n2)c1-c1ccc2c(c1)CCCO2. The van der Waals surface area contributed by atoms with Crippen molar-refractivity contribution in [1.29, 1.82) is 0 Å². The summed E-state index contributed by atoms with van der Waals surface area (Å²) < 4.78 is 61.6. The van der Waals surface area contributed by atoms with Crippen LogP contribution in [0.4, 0.5) is 13.2 Å². The number of aromatic nitrogens is 2. The fourth-order valence-electron chi connectivity index (χ4n) is 4.42. The van der Waals surface area contributed by atoms with E-state index in [1.54, 1.807) is 56.9 Å². The van der Waals surface area contributed by atoms with E-state index >= 15 is 0 Å². The molecule has 0 aliphatic carbocycles. The predicted molar refractivity (Wildman–Crippen MR) is 128 cm³/mol. The molecular weight excluding hydrogens is 473 g/mol. The Bertz CT molecular complexity index is 1270. The van der Waals surface area contributed by atoms with Crippen molar-refractivity contribution in [2.24, 2.45) is 7.05 Å². The van der Waals surface area contributed by atoms with Crippen molar-refractivity contribution in [1.82, 2.24) is 9.78 Å². The van der Waals surface area contributed by atoms with E-state index in [0.29, 0.717) is 29.2 Å². The highest BCUT2D eigenvalue weighted by Crippen LogP contribution is 2.47. The maximum atomic E-state index is 14.5. The second-order valence-corrected chi connectivity index (χ2v) is 9.73. The van der Waals surface area contributed by atoms with Crippen molar-refractivity contribution in [2.75, 3.05) is 13.7 Å². The van der Waals surface area contributed by atoms with Gasteiger partial charge in [-0.3, -0.25) is 4.68 Å².